The van der Waals surface area contributed by atoms with Crippen LogP contribution in [0, 0.1) is 5.41 Å². The van der Waals surface area contributed by atoms with Crippen molar-refractivity contribution in [3.8, 4) is 0 Å². The van der Waals surface area contributed by atoms with Crippen LogP contribution >= 0.6 is 0 Å². The largest absolute Gasteiger partial charge is 0.391 e. The van der Waals surface area contributed by atoms with Gasteiger partial charge in [-0.2, -0.15) is 0 Å². The highest BCUT2D eigenvalue weighted by molar-refractivity contribution is 5.08. The van der Waals surface area contributed by atoms with E-state index in [0.717, 1.165) is 12.6 Å². The summed E-state index contributed by atoms with van der Waals surface area (Å²) in [6.45, 7) is 2.16. The number of aliphatic hydroxyl groups is 1. The number of hydrogen-bond acceptors (Lipinski definition) is 2. The summed E-state index contributed by atoms with van der Waals surface area (Å²) in [5.41, 5.74) is 0.378. The maximum atomic E-state index is 9.72. The van der Waals surface area contributed by atoms with Crippen molar-refractivity contribution in [1.29, 1.82) is 0 Å². The molecule has 3 aliphatic rings. The molecule has 1 spiro atoms. The van der Waals surface area contributed by atoms with Gasteiger partial charge in [0.2, 0.25) is 0 Å². The van der Waals surface area contributed by atoms with Gasteiger partial charge < -0.3 is 5.11 Å². The fourth-order valence-electron chi connectivity index (χ4n) is 2.36. The molecule has 1 heterocycles. The quantitative estimate of drug-likeness (QED) is 0.596. The second-order valence-electron chi connectivity index (χ2n) is 4.54. The summed E-state index contributed by atoms with van der Waals surface area (Å²) in [6.07, 6.45) is 5.31. The Morgan fingerprint density at radius 3 is 2.45 bits per heavy atom. The average molecular weight is 153 g/mol. The van der Waals surface area contributed by atoms with Crippen LogP contribution < -0.4 is 0 Å². The van der Waals surface area contributed by atoms with E-state index in [1.54, 1.807) is 0 Å². The van der Waals surface area contributed by atoms with Gasteiger partial charge in [-0.3, -0.25) is 4.90 Å². The van der Waals surface area contributed by atoms with Gasteiger partial charge in [0, 0.05) is 24.5 Å². The zero-order valence-electron chi connectivity index (χ0n) is 6.79. The van der Waals surface area contributed by atoms with Crippen molar-refractivity contribution in [3.63, 3.8) is 0 Å². The van der Waals surface area contributed by atoms with E-state index in [1.165, 1.54) is 32.2 Å². The first-order valence-corrected chi connectivity index (χ1v) is 4.72. The first-order chi connectivity index (χ1) is 5.30. The van der Waals surface area contributed by atoms with Gasteiger partial charge in [-0.15, -0.1) is 0 Å². The molecule has 11 heavy (non-hydrogen) atoms. The van der Waals surface area contributed by atoms with Crippen LogP contribution in [0.4, 0.5) is 0 Å². The van der Waals surface area contributed by atoms with Crippen molar-refractivity contribution in [2.24, 2.45) is 5.41 Å². The Kier molecular flexibility index (Phi) is 1.06. The smallest absolute Gasteiger partial charge is 0.0735 e. The Bertz CT molecular complexity index is 184. The highest BCUT2D eigenvalue weighted by Gasteiger charge is 2.56. The molecule has 0 aromatic carbocycles. The van der Waals surface area contributed by atoms with Gasteiger partial charge in [0.1, 0.15) is 0 Å². The van der Waals surface area contributed by atoms with Gasteiger partial charge in [0.25, 0.3) is 0 Å². The fraction of sp³-hybridized carbons (Fsp3) is 1.00. The number of likely N-dealkylation sites (tertiary alicyclic amines) is 1. The molecule has 62 valence electrons. The summed E-state index contributed by atoms with van der Waals surface area (Å²) in [4.78, 5) is 2.50. The monoisotopic (exact) mass is 153 g/mol. The number of β-amino-alcohol motifs (C(OH)–C–C–N with tert-alkyl or cyclic N) is 1. The maximum Gasteiger partial charge on any atom is 0.0735 e. The molecule has 1 atom stereocenters. The summed E-state index contributed by atoms with van der Waals surface area (Å²) in [5.74, 6) is 0. The van der Waals surface area contributed by atoms with E-state index >= 15 is 0 Å². The minimum Gasteiger partial charge on any atom is -0.391 e. The molecule has 2 saturated carbocycles. The van der Waals surface area contributed by atoms with E-state index in [0.29, 0.717) is 5.41 Å². The van der Waals surface area contributed by atoms with Gasteiger partial charge in [0.15, 0.2) is 0 Å². The molecule has 0 aromatic heterocycles. The van der Waals surface area contributed by atoms with Crippen molar-refractivity contribution in [2.75, 3.05) is 13.1 Å². The van der Waals surface area contributed by atoms with Crippen LogP contribution in [0.2, 0.25) is 0 Å². The van der Waals surface area contributed by atoms with E-state index in [9.17, 15) is 5.11 Å². The standard InChI is InChI=1S/C9H15NO/c11-8-5-10(7-1-2-7)6-9(8)3-4-9/h7-8,11H,1-6H2/t8-/m0/s1. The number of hydrogen-bond donors (Lipinski definition) is 1. The normalized spacial score (nSPS) is 41.7. The van der Waals surface area contributed by atoms with Gasteiger partial charge >= 0.3 is 0 Å². The van der Waals surface area contributed by atoms with Gasteiger partial charge in [-0.05, 0) is 25.7 Å². The second-order valence-corrected chi connectivity index (χ2v) is 4.54. The molecule has 3 rings (SSSR count). The lowest BCUT2D eigenvalue weighted by molar-refractivity contribution is 0.131. The molecule has 0 radical (unpaired) electrons. The molecule has 1 saturated heterocycles. The molecule has 0 amide bonds. The SMILES string of the molecule is O[C@H]1CN(C2CC2)CC12CC2. The van der Waals surface area contributed by atoms with Crippen LogP contribution in [-0.4, -0.2) is 35.2 Å². The summed E-state index contributed by atoms with van der Waals surface area (Å²) in [5, 5.41) is 9.72. The second kappa shape index (κ2) is 1.80. The molecule has 0 bridgehead atoms. The lowest BCUT2D eigenvalue weighted by Gasteiger charge is -2.12. The van der Waals surface area contributed by atoms with E-state index in [-0.39, 0.29) is 6.10 Å². The molecule has 2 heteroatoms. The number of rotatable bonds is 1. The van der Waals surface area contributed by atoms with Crippen molar-refractivity contribution in [3.05, 3.63) is 0 Å². The third-order valence-corrected chi connectivity index (χ3v) is 3.59. The van der Waals surface area contributed by atoms with Gasteiger partial charge in [-0.25, -0.2) is 0 Å². The Balaban J connectivity index is 1.74. The van der Waals surface area contributed by atoms with E-state index in [2.05, 4.69) is 4.90 Å². The predicted molar refractivity (Wildman–Crippen MR) is 42.3 cm³/mol. The number of nitrogens with zero attached hydrogens (tertiary/aromatic N) is 1. The first kappa shape index (κ1) is 6.44. The lowest BCUT2D eigenvalue weighted by atomic mass is 10.0. The summed E-state index contributed by atoms with van der Waals surface area (Å²) < 4.78 is 0. The fourth-order valence-corrected chi connectivity index (χ4v) is 2.36. The summed E-state index contributed by atoms with van der Waals surface area (Å²) in [6, 6.07) is 0.852. The lowest BCUT2D eigenvalue weighted by Crippen LogP contribution is -2.23. The molecule has 0 unspecified atom stereocenters. The summed E-state index contributed by atoms with van der Waals surface area (Å²) >= 11 is 0. The molecular weight excluding hydrogens is 138 g/mol. The zero-order chi connectivity index (χ0) is 7.47. The molecule has 1 N–H and O–H groups in total. The van der Waals surface area contributed by atoms with Crippen LogP contribution in [0.15, 0.2) is 0 Å². The molecule has 2 aliphatic carbocycles. The van der Waals surface area contributed by atoms with Crippen LogP contribution in [0.5, 0.6) is 0 Å². The highest BCUT2D eigenvalue weighted by Crippen LogP contribution is 2.54. The topological polar surface area (TPSA) is 23.5 Å². The minimum atomic E-state index is 0.00287. The Morgan fingerprint density at radius 2 is 2.00 bits per heavy atom. The minimum absolute atomic E-state index is 0.00287. The van der Waals surface area contributed by atoms with Crippen molar-refractivity contribution in [2.45, 2.75) is 37.8 Å². The van der Waals surface area contributed by atoms with Gasteiger partial charge in [-0.1, -0.05) is 0 Å². The van der Waals surface area contributed by atoms with Crippen molar-refractivity contribution >= 4 is 0 Å². The number of aliphatic hydroxyl groups excluding tert-OH is 1. The summed E-state index contributed by atoms with van der Waals surface area (Å²) in [7, 11) is 0. The molecule has 1 aliphatic heterocycles. The molecular formula is C9H15NO. The van der Waals surface area contributed by atoms with Gasteiger partial charge in [0.05, 0.1) is 6.10 Å². The first-order valence-electron chi connectivity index (χ1n) is 4.72. The van der Waals surface area contributed by atoms with Crippen LogP contribution in [-0.2, 0) is 0 Å². The predicted octanol–water partition coefficient (Wildman–Crippen LogP) is 0.606. The third-order valence-electron chi connectivity index (χ3n) is 3.59. The Morgan fingerprint density at radius 1 is 1.27 bits per heavy atom. The van der Waals surface area contributed by atoms with Crippen LogP contribution in [0.25, 0.3) is 0 Å². The zero-order valence-corrected chi connectivity index (χ0v) is 6.79. The van der Waals surface area contributed by atoms with E-state index < -0.39 is 0 Å². The van der Waals surface area contributed by atoms with Crippen molar-refractivity contribution < 1.29 is 5.11 Å². The van der Waals surface area contributed by atoms with Crippen molar-refractivity contribution in [1.82, 2.24) is 4.90 Å². The van der Waals surface area contributed by atoms with E-state index in [1.807, 2.05) is 0 Å². The third kappa shape index (κ3) is 0.859. The average Bonchev–Trinajstić information content (AvgIpc) is 2.79. The highest BCUT2D eigenvalue weighted by atomic mass is 16.3. The van der Waals surface area contributed by atoms with Crippen LogP contribution in [0.3, 0.4) is 0 Å². The Hall–Kier alpha value is -0.0800. The molecule has 3 fully saturated rings. The molecule has 2 nitrogen and oxygen atoms in total. The Labute approximate surface area is 67.2 Å². The van der Waals surface area contributed by atoms with E-state index in [4.69, 9.17) is 0 Å². The molecule has 0 aromatic rings. The maximum absolute atomic E-state index is 9.72. The van der Waals surface area contributed by atoms with Crippen LogP contribution in [0.1, 0.15) is 25.7 Å².